The zero-order valence-corrected chi connectivity index (χ0v) is 12.6. The molecule has 0 aromatic rings. The molecule has 112 valence electrons. The van der Waals surface area contributed by atoms with Crippen molar-refractivity contribution >= 4 is 6.09 Å². The lowest BCUT2D eigenvalue weighted by atomic mass is 10.1. The predicted molar refractivity (Wildman–Crippen MR) is 77.1 cm³/mol. The van der Waals surface area contributed by atoms with E-state index in [1.54, 1.807) is 0 Å². The summed E-state index contributed by atoms with van der Waals surface area (Å²) < 4.78 is 5.39. The van der Waals surface area contributed by atoms with Gasteiger partial charge in [0.25, 0.3) is 0 Å². The van der Waals surface area contributed by atoms with E-state index in [2.05, 4.69) is 5.32 Å². The Morgan fingerprint density at radius 2 is 2.16 bits per heavy atom. The quantitative estimate of drug-likeness (QED) is 0.720. The van der Waals surface area contributed by atoms with Crippen LogP contribution in [0.1, 0.15) is 40.0 Å². The number of nitrogens with one attached hydrogen (secondary N) is 1. The standard InChI is InChI=1S/C14H29N3O2/c1-14(2,3)19-13(18)17-10-6-12(11-17)5-9-16-8-4-7-15/h12,16H,4-11,15H2,1-3H3. The second-order valence-electron chi connectivity index (χ2n) is 6.26. The zero-order chi connectivity index (χ0) is 14.3. The first-order chi connectivity index (χ1) is 8.92. The molecule has 0 aromatic carbocycles. The Morgan fingerprint density at radius 3 is 2.79 bits per heavy atom. The van der Waals surface area contributed by atoms with E-state index >= 15 is 0 Å². The van der Waals surface area contributed by atoms with Gasteiger partial charge in [-0.3, -0.25) is 0 Å². The summed E-state index contributed by atoms with van der Waals surface area (Å²) in [6, 6.07) is 0. The molecule has 0 aromatic heterocycles. The third-order valence-corrected chi connectivity index (χ3v) is 3.22. The first kappa shape index (κ1) is 16.2. The third-order valence-electron chi connectivity index (χ3n) is 3.22. The Bertz CT molecular complexity index is 276. The molecule has 19 heavy (non-hydrogen) atoms. The number of carbonyl (C=O) groups excluding carboxylic acids is 1. The van der Waals surface area contributed by atoms with E-state index in [1.807, 2.05) is 25.7 Å². The van der Waals surface area contributed by atoms with Gasteiger partial charge in [-0.25, -0.2) is 4.79 Å². The maximum atomic E-state index is 11.9. The molecule has 5 nitrogen and oxygen atoms in total. The van der Waals surface area contributed by atoms with Crippen molar-refractivity contribution in [3.05, 3.63) is 0 Å². The molecule has 0 radical (unpaired) electrons. The molecule has 0 spiro atoms. The lowest BCUT2D eigenvalue weighted by Crippen LogP contribution is -2.35. The topological polar surface area (TPSA) is 67.6 Å². The molecule has 1 saturated heterocycles. The van der Waals surface area contributed by atoms with Crippen molar-refractivity contribution in [1.29, 1.82) is 0 Å². The molecule has 0 aliphatic carbocycles. The van der Waals surface area contributed by atoms with Gasteiger partial charge in [0, 0.05) is 13.1 Å². The predicted octanol–water partition coefficient (Wildman–Crippen LogP) is 1.57. The number of hydrogen-bond acceptors (Lipinski definition) is 4. The van der Waals surface area contributed by atoms with E-state index in [-0.39, 0.29) is 6.09 Å². The maximum absolute atomic E-state index is 11.9. The summed E-state index contributed by atoms with van der Waals surface area (Å²) >= 11 is 0. The van der Waals surface area contributed by atoms with Gasteiger partial charge in [-0.05, 0) is 65.6 Å². The summed E-state index contributed by atoms with van der Waals surface area (Å²) in [4.78, 5) is 13.7. The van der Waals surface area contributed by atoms with E-state index in [0.717, 1.165) is 52.0 Å². The Kier molecular flexibility index (Phi) is 6.58. The number of nitrogens with zero attached hydrogens (tertiary/aromatic N) is 1. The lowest BCUT2D eigenvalue weighted by molar-refractivity contribution is 0.0287. The fourth-order valence-electron chi connectivity index (χ4n) is 2.22. The van der Waals surface area contributed by atoms with Crippen LogP contribution in [0.25, 0.3) is 0 Å². The zero-order valence-electron chi connectivity index (χ0n) is 12.6. The van der Waals surface area contributed by atoms with Crippen LogP contribution in [0.4, 0.5) is 4.79 Å². The van der Waals surface area contributed by atoms with Gasteiger partial charge in [0.1, 0.15) is 5.60 Å². The van der Waals surface area contributed by atoms with E-state index in [4.69, 9.17) is 10.5 Å². The summed E-state index contributed by atoms with van der Waals surface area (Å²) in [5, 5.41) is 3.38. The number of carbonyl (C=O) groups is 1. The molecule has 0 saturated carbocycles. The van der Waals surface area contributed by atoms with Gasteiger partial charge in [-0.1, -0.05) is 0 Å². The summed E-state index contributed by atoms with van der Waals surface area (Å²) in [7, 11) is 0. The highest BCUT2D eigenvalue weighted by atomic mass is 16.6. The average Bonchev–Trinajstić information content (AvgIpc) is 2.75. The van der Waals surface area contributed by atoms with E-state index in [0.29, 0.717) is 5.92 Å². The first-order valence-electron chi connectivity index (χ1n) is 7.31. The number of likely N-dealkylation sites (tertiary alicyclic amines) is 1. The van der Waals surface area contributed by atoms with Crippen LogP contribution in [-0.4, -0.2) is 49.3 Å². The van der Waals surface area contributed by atoms with Crippen LogP contribution in [0.15, 0.2) is 0 Å². The maximum Gasteiger partial charge on any atom is 0.410 e. The van der Waals surface area contributed by atoms with E-state index < -0.39 is 5.60 Å². The van der Waals surface area contributed by atoms with Gasteiger partial charge in [0.15, 0.2) is 0 Å². The molecule has 1 aliphatic heterocycles. The van der Waals surface area contributed by atoms with Crippen LogP contribution in [0.2, 0.25) is 0 Å². The summed E-state index contributed by atoms with van der Waals surface area (Å²) in [6.07, 6.45) is 3.04. The minimum atomic E-state index is -0.404. The number of rotatable bonds is 6. The Morgan fingerprint density at radius 1 is 1.42 bits per heavy atom. The molecule has 3 N–H and O–H groups in total. The SMILES string of the molecule is CC(C)(C)OC(=O)N1CCC(CCNCCCN)C1. The molecule has 1 amide bonds. The van der Waals surface area contributed by atoms with Crippen molar-refractivity contribution in [1.82, 2.24) is 10.2 Å². The minimum absolute atomic E-state index is 0.175. The number of amides is 1. The highest BCUT2D eigenvalue weighted by molar-refractivity contribution is 5.68. The van der Waals surface area contributed by atoms with Crippen molar-refractivity contribution in [3.63, 3.8) is 0 Å². The minimum Gasteiger partial charge on any atom is -0.444 e. The van der Waals surface area contributed by atoms with Crippen LogP contribution < -0.4 is 11.1 Å². The van der Waals surface area contributed by atoms with Crippen molar-refractivity contribution < 1.29 is 9.53 Å². The molecular formula is C14H29N3O2. The summed E-state index contributed by atoms with van der Waals surface area (Å²) in [5.74, 6) is 0.595. The molecule has 1 unspecified atom stereocenters. The third kappa shape index (κ3) is 6.78. The molecule has 5 heteroatoms. The van der Waals surface area contributed by atoms with Crippen molar-refractivity contribution in [2.45, 2.75) is 45.6 Å². The van der Waals surface area contributed by atoms with Gasteiger partial charge in [-0.2, -0.15) is 0 Å². The van der Waals surface area contributed by atoms with E-state index in [1.165, 1.54) is 0 Å². The van der Waals surface area contributed by atoms with E-state index in [9.17, 15) is 4.79 Å². The molecule has 1 atom stereocenters. The molecule has 1 aliphatic rings. The summed E-state index contributed by atoms with van der Waals surface area (Å²) in [6.45, 7) is 10.1. The second kappa shape index (κ2) is 7.70. The van der Waals surface area contributed by atoms with Gasteiger partial charge < -0.3 is 20.7 Å². The van der Waals surface area contributed by atoms with Gasteiger partial charge in [-0.15, -0.1) is 0 Å². The van der Waals surface area contributed by atoms with Crippen molar-refractivity contribution in [2.75, 3.05) is 32.7 Å². The van der Waals surface area contributed by atoms with Gasteiger partial charge in [0.05, 0.1) is 0 Å². The monoisotopic (exact) mass is 271 g/mol. The number of hydrogen-bond donors (Lipinski definition) is 2. The highest BCUT2D eigenvalue weighted by Gasteiger charge is 2.29. The van der Waals surface area contributed by atoms with Crippen LogP contribution in [-0.2, 0) is 4.74 Å². The van der Waals surface area contributed by atoms with Crippen molar-refractivity contribution in [3.8, 4) is 0 Å². The molecular weight excluding hydrogens is 242 g/mol. The smallest absolute Gasteiger partial charge is 0.410 e. The summed E-state index contributed by atoms with van der Waals surface area (Å²) in [5.41, 5.74) is 5.03. The molecule has 1 fully saturated rings. The van der Waals surface area contributed by atoms with Gasteiger partial charge >= 0.3 is 6.09 Å². The normalized spacial score (nSPS) is 19.8. The molecule has 0 bridgehead atoms. The van der Waals surface area contributed by atoms with Crippen LogP contribution >= 0.6 is 0 Å². The fourth-order valence-corrected chi connectivity index (χ4v) is 2.22. The first-order valence-corrected chi connectivity index (χ1v) is 7.31. The van der Waals surface area contributed by atoms with Crippen LogP contribution in [0, 0.1) is 5.92 Å². The number of nitrogens with two attached hydrogens (primary N) is 1. The largest absolute Gasteiger partial charge is 0.444 e. The molecule has 1 rings (SSSR count). The number of ether oxygens (including phenoxy) is 1. The Labute approximate surface area is 116 Å². The van der Waals surface area contributed by atoms with Gasteiger partial charge in [0.2, 0.25) is 0 Å². The van der Waals surface area contributed by atoms with Crippen molar-refractivity contribution in [2.24, 2.45) is 11.7 Å². The average molecular weight is 271 g/mol. The van der Waals surface area contributed by atoms with Crippen LogP contribution in [0.5, 0.6) is 0 Å². The highest BCUT2D eigenvalue weighted by Crippen LogP contribution is 2.21. The fraction of sp³-hybridized carbons (Fsp3) is 0.929. The van der Waals surface area contributed by atoms with Crippen LogP contribution in [0.3, 0.4) is 0 Å². The Balaban J connectivity index is 2.17. The molecule has 1 heterocycles. The lowest BCUT2D eigenvalue weighted by Gasteiger charge is -2.24. The Hall–Kier alpha value is -0.810. The second-order valence-corrected chi connectivity index (χ2v) is 6.26.